The number of para-hydroxylation sites is 1. The van der Waals surface area contributed by atoms with E-state index in [1.165, 1.54) is 0 Å². The molecule has 0 amide bonds. The molecule has 0 aliphatic rings. The van der Waals surface area contributed by atoms with Crippen molar-refractivity contribution in [3.8, 4) is 5.75 Å². The molecule has 0 aromatic heterocycles. The molecule has 0 atom stereocenters. The zero-order valence-corrected chi connectivity index (χ0v) is 9.67. The van der Waals surface area contributed by atoms with Crippen LogP contribution in [0.1, 0.15) is 25.3 Å². The van der Waals surface area contributed by atoms with Crippen LogP contribution in [0.5, 0.6) is 5.75 Å². The number of phenolic OH excluding ortho intramolecular Hbond substituents is 1. The smallest absolute Gasteiger partial charge is 0.132 e. The predicted octanol–water partition coefficient (Wildman–Crippen LogP) is 3.07. The second-order valence-electron chi connectivity index (χ2n) is 3.30. The zero-order chi connectivity index (χ0) is 10.6. The van der Waals surface area contributed by atoms with Crippen LogP contribution < -0.4 is 0 Å². The molecule has 76 valence electrons. The minimum Gasteiger partial charge on any atom is -0.506 e. The van der Waals surface area contributed by atoms with Gasteiger partial charge in [0.15, 0.2) is 0 Å². The van der Waals surface area contributed by atoms with Gasteiger partial charge in [0.1, 0.15) is 11.5 Å². The van der Waals surface area contributed by atoms with Crippen molar-refractivity contribution in [2.24, 2.45) is 0 Å². The Morgan fingerprint density at radius 3 is 2.86 bits per heavy atom. The minimum absolute atomic E-state index is 0.194. The average Bonchev–Trinajstić information content (AvgIpc) is 2.12. The highest BCUT2D eigenvalue weighted by atomic mass is 79.9. The van der Waals surface area contributed by atoms with Crippen molar-refractivity contribution in [1.29, 1.82) is 0 Å². The first-order valence-corrected chi connectivity index (χ1v) is 5.36. The van der Waals surface area contributed by atoms with Crippen molar-refractivity contribution in [3.05, 3.63) is 28.2 Å². The molecule has 1 aromatic rings. The summed E-state index contributed by atoms with van der Waals surface area (Å²) in [7, 11) is 0. The van der Waals surface area contributed by atoms with E-state index in [4.69, 9.17) is 0 Å². The van der Waals surface area contributed by atoms with Gasteiger partial charge in [-0.25, -0.2) is 0 Å². The topological polar surface area (TPSA) is 37.3 Å². The number of Topliss-reactive ketones (excluding diaryl/α,β-unsaturated/α-hetero) is 1. The highest BCUT2D eigenvalue weighted by Gasteiger charge is 2.04. The van der Waals surface area contributed by atoms with Crippen LogP contribution in [0.4, 0.5) is 0 Å². The third kappa shape index (κ3) is 3.14. The Morgan fingerprint density at radius 2 is 2.21 bits per heavy atom. The van der Waals surface area contributed by atoms with Crippen LogP contribution in [0.25, 0.3) is 0 Å². The van der Waals surface area contributed by atoms with Crippen molar-refractivity contribution in [1.82, 2.24) is 0 Å². The second-order valence-corrected chi connectivity index (χ2v) is 4.16. The molecule has 0 saturated carbocycles. The molecule has 1 rings (SSSR count). The molecule has 0 radical (unpaired) electrons. The number of rotatable bonds is 4. The maximum Gasteiger partial charge on any atom is 0.132 e. The van der Waals surface area contributed by atoms with E-state index in [9.17, 15) is 9.90 Å². The molecule has 1 aromatic carbocycles. The number of benzene rings is 1. The predicted molar refractivity (Wildman–Crippen MR) is 59.4 cm³/mol. The number of aromatic hydroxyl groups is 1. The van der Waals surface area contributed by atoms with Gasteiger partial charge in [0.25, 0.3) is 0 Å². The lowest BCUT2D eigenvalue weighted by Crippen LogP contribution is -1.93. The summed E-state index contributed by atoms with van der Waals surface area (Å²) in [5.41, 5.74) is 0.889. The van der Waals surface area contributed by atoms with Gasteiger partial charge in [0.05, 0.1) is 4.47 Å². The lowest BCUT2D eigenvalue weighted by atomic mass is 10.1. The number of halogens is 1. The first-order valence-electron chi connectivity index (χ1n) is 4.57. The molecule has 14 heavy (non-hydrogen) atoms. The summed E-state index contributed by atoms with van der Waals surface area (Å²) in [5, 5.41) is 9.63. The Morgan fingerprint density at radius 1 is 1.50 bits per heavy atom. The number of ketones is 1. The quantitative estimate of drug-likeness (QED) is 0.899. The minimum atomic E-state index is 0.194. The van der Waals surface area contributed by atoms with Crippen LogP contribution in [0.15, 0.2) is 22.7 Å². The number of phenols is 1. The number of hydrogen-bond acceptors (Lipinski definition) is 2. The molecule has 0 aliphatic heterocycles. The van der Waals surface area contributed by atoms with E-state index in [0.29, 0.717) is 10.9 Å². The summed E-state index contributed by atoms with van der Waals surface area (Å²) in [6.45, 7) is 1.58. The molecular weight excluding hydrogens is 244 g/mol. The summed E-state index contributed by atoms with van der Waals surface area (Å²) in [5.74, 6) is 0.482. The molecule has 0 fully saturated rings. The van der Waals surface area contributed by atoms with Gasteiger partial charge in [0, 0.05) is 6.42 Å². The largest absolute Gasteiger partial charge is 0.506 e. The number of carbonyl (C=O) groups excluding carboxylic acids is 1. The Bertz CT molecular complexity index is 334. The van der Waals surface area contributed by atoms with Crippen LogP contribution in [0.2, 0.25) is 0 Å². The average molecular weight is 257 g/mol. The van der Waals surface area contributed by atoms with Gasteiger partial charge in [-0.15, -0.1) is 0 Å². The number of aryl methyl sites for hydroxylation is 1. The standard InChI is InChI=1S/C11H13BrO2/c1-8(13)4-2-5-9-6-3-7-10(12)11(9)14/h3,6-7,14H,2,4-5H2,1H3. The van der Waals surface area contributed by atoms with E-state index in [2.05, 4.69) is 15.9 Å². The fourth-order valence-corrected chi connectivity index (χ4v) is 1.70. The molecule has 0 spiro atoms. The van der Waals surface area contributed by atoms with Gasteiger partial charge in [-0.05, 0) is 47.3 Å². The van der Waals surface area contributed by atoms with E-state index in [-0.39, 0.29) is 11.5 Å². The van der Waals surface area contributed by atoms with E-state index in [1.807, 2.05) is 12.1 Å². The van der Waals surface area contributed by atoms with E-state index in [1.54, 1.807) is 13.0 Å². The van der Waals surface area contributed by atoms with Crippen molar-refractivity contribution in [2.75, 3.05) is 0 Å². The van der Waals surface area contributed by atoms with Gasteiger partial charge in [0.2, 0.25) is 0 Å². The Kier molecular flexibility index (Phi) is 4.14. The van der Waals surface area contributed by atoms with Crippen LogP contribution in [-0.2, 0) is 11.2 Å². The summed E-state index contributed by atoms with van der Waals surface area (Å²) in [4.78, 5) is 10.7. The summed E-state index contributed by atoms with van der Waals surface area (Å²) in [6, 6.07) is 5.55. The third-order valence-corrected chi connectivity index (χ3v) is 2.69. The fourth-order valence-electron chi connectivity index (χ4n) is 1.29. The lowest BCUT2D eigenvalue weighted by molar-refractivity contribution is -0.117. The zero-order valence-electron chi connectivity index (χ0n) is 8.09. The van der Waals surface area contributed by atoms with Crippen molar-refractivity contribution in [2.45, 2.75) is 26.2 Å². The molecule has 1 N–H and O–H groups in total. The molecule has 2 nitrogen and oxygen atoms in total. The maximum absolute atomic E-state index is 10.7. The molecule has 0 unspecified atom stereocenters. The van der Waals surface area contributed by atoms with Gasteiger partial charge in [-0.3, -0.25) is 0 Å². The highest BCUT2D eigenvalue weighted by molar-refractivity contribution is 9.10. The van der Waals surface area contributed by atoms with Gasteiger partial charge in [-0.1, -0.05) is 12.1 Å². The third-order valence-electron chi connectivity index (χ3n) is 2.05. The van der Waals surface area contributed by atoms with E-state index in [0.717, 1.165) is 18.4 Å². The molecule has 0 saturated heterocycles. The van der Waals surface area contributed by atoms with Crippen LogP contribution in [-0.4, -0.2) is 10.9 Å². The van der Waals surface area contributed by atoms with Gasteiger partial charge in [-0.2, -0.15) is 0 Å². The van der Waals surface area contributed by atoms with Gasteiger partial charge >= 0.3 is 0 Å². The normalized spacial score (nSPS) is 10.1. The summed E-state index contributed by atoms with van der Waals surface area (Å²) < 4.78 is 0.706. The number of hydrogen-bond donors (Lipinski definition) is 1. The Labute approximate surface area is 92.1 Å². The molecule has 0 bridgehead atoms. The van der Waals surface area contributed by atoms with E-state index >= 15 is 0 Å². The van der Waals surface area contributed by atoms with Crippen LogP contribution >= 0.6 is 15.9 Å². The molecule has 3 heteroatoms. The summed E-state index contributed by atoms with van der Waals surface area (Å²) >= 11 is 3.25. The Balaban J connectivity index is 2.59. The van der Waals surface area contributed by atoms with E-state index < -0.39 is 0 Å². The summed E-state index contributed by atoms with van der Waals surface area (Å²) in [6.07, 6.45) is 2.11. The number of carbonyl (C=O) groups is 1. The van der Waals surface area contributed by atoms with Crippen molar-refractivity contribution >= 4 is 21.7 Å². The van der Waals surface area contributed by atoms with Crippen molar-refractivity contribution < 1.29 is 9.90 Å². The SMILES string of the molecule is CC(=O)CCCc1cccc(Br)c1O. The first-order chi connectivity index (χ1) is 6.61. The molecule has 0 heterocycles. The lowest BCUT2D eigenvalue weighted by Gasteiger charge is -2.04. The fraction of sp³-hybridized carbons (Fsp3) is 0.364. The second kappa shape index (κ2) is 5.15. The molecular formula is C11H13BrO2. The Hall–Kier alpha value is -0.830. The highest BCUT2D eigenvalue weighted by Crippen LogP contribution is 2.28. The van der Waals surface area contributed by atoms with Crippen LogP contribution in [0, 0.1) is 0 Å². The molecule has 0 aliphatic carbocycles. The maximum atomic E-state index is 10.7. The van der Waals surface area contributed by atoms with Crippen LogP contribution in [0.3, 0.4) is 0 Å². The van der Waals surface area contributed by atoms with Crippen molar-refractivity contribution in [3.63, 3.8) is 0 Å². The monoisotopic (exact) mass is 256 g/mol. The first kappa shape index (κ1) is 11.2. The van der Waals surface area contributed by atoms with Gasteiger partial charge < -0.3 is 9.90 Å².